The molecule has 2 atom stereocenters. The standard InChI is InChI=1S/C21H23NO/c1-22-15-20(14-21(23)17-8-3-2-4-9-17)19-12-11-16-7-5-6-10-18(16)13-19/h2-13,20-23H,14-15H2,1H3. The Morgan fingerprint density at radius 2 is 1.52 bits per heavy atom. The molecule has 2 heteroatoms. The molecule has 0 bridgehead atoms. The summed E-state index contributed by atoms with van der Waals surface area (Å²) in [5.74, 6) is 0.278. The molecule has 0 aromatic heterocycles. The Hall–Kier alpha value is -2.16. The fraction of sp³-hybridized carbons (Fsp3) is 0.238. The summed E-state index contributed by atoms with van der Waals surface area (Å²) in [5, 5.41) is 16.3. The second kappa shape index (κ2) is 7.40. The van der Waals surface area contributed by atoms with Crippen LogP contribution in [0.3, 0.4) is 0 Å². The first-order chi connectivity index (χ1) is 11.3. The minimum absolute atomic E-state index is 0.278. The Labute approximate surface area is 137 Å². The summed E-state index contributed by atoms with van der Waals surface area (Å²) in [7, 11) is 1.96. The van der Waals surface area contributed by atoms with Gasteiger partial charge in [0.25, 0.3) is 0 Å². The van der Waals surface area contributed by atoms with Crippen LogP contribution in [0.15, 0.2) is 72.8 Å². The fourth-order valence-corrected chi connectivity index (χ4v) is 3.13. The largest absolute Gasteiger partial charge is 0.388 e. The number of fused-ring (bicyclic) bond motifs is 1. The van der Waals surface area contributed by atoms with Crippen molar-refractivity contribution in [3.63, 3.8) is 0 Å². The highest BCUT2D eigenvalue weighted by Crippen LogP contribution is 2.29. The maximum Gasteiger partial charge on any atom is 0.0796 e. The lowest BCUT2D eigenvalue weighted by Gasteiger charge is -2.21. The summed E-state index contributed by atoms with van der Waals surface area (Å²) in [6, 6.07) is 24.9. The number of likely N-dealkylation sites (N-methyl/N-ethyl adjacent to an activating group) is 1. The van der Waals surface area contributed by atoms with Crippen LogP contribution in [-0.2, 0) is 0 Å². The van der Waals surface area contributed by atoms with Gasteiger partial charge < -0.3 is 10.4 Å². The van der Waals surface area contributed by atoms with Crippen molar-refractivity contribution in [2.24, 2.45) is 0 Å². The van der Waals surface area contributed by atoms with Gasteiger partial charge in [-0.15, -0.1) is 0 Å². The predicted octanol–water partition coefficient (Wildman–Crippen LogP) is 4.27. The number of rotatable bonds is 6. The van der Waals surface area contributed by atoms with E-state index in [1.807, 2.05) is 37.4 Å². The molecule has 0 fully saturated rings. The molecule has 0 saturated heterocycles. The van der Waals surface area contributed by atoms with Crippen LogP contribution >= 0.6 is 0 Å². The molecule has 0 heterocycles. The van der Waals surface area contributed by atoms with E-state index in [4.69, 9.17) is 0 Å². The molecule has 0 aliphatic carbocycles. The first kappa shape index (κ1) is 15.7. The molecule has 0 radical (unpaired) electrons. The summed E-state index contributed by atoms with van der Waals surface area (Å²) in [5.41, 5.74) is 2.25. The molecule has 3 aromatic rings. The van der Waals surface area contributed by atoms with E-state index in [1.165, 1.54) is 16.3 Å². The third-order valence-corrected chi connectivity index (χ3v) is 4.39. The second-order valence-corrected chi connectivity index (χ2v) is 6.02. The van der Waals surface area contributed by atoms with E-state index in [9.17, 15) is 5.11 Å². The smallest absolute Gasteiger partial charge is 0.0796 e. The number of aliphatic hydroxyl groups is 1. The topological polar surface area (TPSA) is 32.3 Å². The average Bonchev–Trinajstić information content (AvgIpc) is 2.61. The fourth-order valence-electron chi connectivity index (χ4n) is 3.13. The number of hydrogen-bond acceptors (Lipinski definition) is 2. The van der Waals surface area contributed by atoms with Crippen LogP contribution < -0.4 is 5.32 Å². The summed E-state index contributed by atoms with van der Waals surface area (Å²) in [6.45, 7) is 0.849. The lowest BCUT2D eigenvalue weighted by atomic mass is 9.89. The number of nitrogens with one attached hydrogen (secondary N) is 1. The van der Waals surface area contributed by atoms with Crippen LogP contribution in [0.2, 0.25) is 0 Å². The number of benzene rings is 3. The van der Waals surface area contributed by atoms with E-state index in [-0.39, 0.29) is 5.92 Å². The summed E-state index contributed by atoms with van der Waals surface area (Å²) in [6.07, 6.45) is 0.268. The Morgan fingerprint density at radius 1 is 0.826 bits per heavy atom. The van der Waals surface area contributed by atoms with Crippen LogP contribution in [0.5, 0.6) is 0 Å². The van der Waals surface area contributed by atoms with Crippen molar-refractivity contribution in [3.05, 3.63) is 83.9 Å². The normalized spacial score (nSPS) is 13.8. The van der Waals surface area contributed by atoms with Crippen molar-refractivity contribution in [1.82, 2.24) is 5.32 Å². The molecule has 0 aliphatic rings. The molecule has 2 nitrogen and oxygen atoms in total. The van der Waals surface area contributed by atoms with E-state index >= 15 is 0 Å². The van der Waals surface area contributed by atoms with Gasteiger partial charge in [0, 0.05) is 6.54 Å². The maximum atomic E-state index is 10.6. The Kier molecular flexibility index (Phi) is 5.06. The van der Waals surface area contributed by atoms with Crippen molar-refractivity contribution >= 4 is 10.8 Å². The molecule has 0 amide bonds. The van der Waals surface area contributed by atoms with Crippen molar-refractivity contribution in [3.8, 4) is 0 Å². The zero-order valence-corrected chi connectivity index (χ0v) is 13.4. The monoisotopic (exact) mass is 305 g/mol. The van der Waals surface area contributed by atoms with Crippen LogP contribution in [0.1, 0.15) is 29.6 Å². The molecule has 0 spiro atoms. The van der Waals surface area contributed by atoms with Gasteiger partial charge in [0.15, 0.2) is 0 Å². The lowest BCUT2D eigenvalue weighted by molar-refractivity contribution is 0.157. The van der Waals surface area contributed by atoms with E-state index < -0.39 is 6.10 Å². The van der Waals surface area contributed by atoms with Crippen LogP contribution in [0.25, 0.3) is 10.8 Å². The quantitative estimate of drug-likeness (QED) is 0.713. The van der Waals surface area contributed by atoms with Crippen molar-refractivity contribution in [2.75, 3.05) is 13.6 Å². The minimum atomic E-state index is -0.443. The zero-order valence-electron chi connectivity index (χ0n) is 13.4. The molecule has 2 unspecified atom stereocenters. The second-order valence-electron chi connectivity index (χ2n) is 6.02. The molecule has 3 rings (SSSR count). The van der Waals surface area contributed by atoms with Gasteiger partial charge in [0.1, 0.15) is 0 Å². The predicted molar refractivity (Wildman–Crippen MR) is 96.6 cm³/mol. The van der Waals surface area contributed by atoms with Gasteiger partial charge in [-0.3, -0.25) is 0 Å². The summed E-state index contributed by atoms with van der Waals surface area (Å²) in [4.78, 5) is 0. The van der Waals surface area contributed by atoms with Crippen molar-refractivity contribution in [1.29, 1.82) is 0 Å². The SMILES string of the molecule is CNCC(CC(O)c1ccccc1)c1ccc2ccccc2c1. The third kappa shape index (κ3) is 3.79. The molecule has 118 valence electrons. The van der Waals surface area contributed by atoms with Crippen LogP contribution in [-0.4, -0.2) is 18.7 Å². The van der Waals surface area contributed by atoms with Gasteiger partial charge in [0.05, 0.1) is 6.10 Å². The maximum absolute atomic E-state index is 10.6. The summed E-state index contributed by atoms with van der Waals surface area (Å²) >= 11 is 0. The highest BCUT2D eigenvalue weighted by atomic mass is 16.3. The van der Waals surface area contributed by atoms with E-state index in [1.54, 1.807) is 0 Å². The Morgan fingerprint density at radius 3 is 2.26 bits per heavy atom. The molecular formula is C21H23NO. The third-order valence-electron chi connectivity index (χ3n) is 4.39. The Bertz CT molecular complexity index is 754. The first-order valence-electron chi connectivity index (χ1n) is 8.14. The van der Waals surface area contributed by atoms with Crippen molar-refractivity contribution < 1.29 is 5.11 Å². The number of aliphatic hydroxyl groups excluding tert-OH is 1. The van der Waals surface area contributed by atoms with E-state index in [0.29, 0.717) is 6.42 Å². The van der Waals surface area contributed by atoms with Gasteiger partial charge >= 0.3 is 0 Å². The molecule has 23 heavy (non-hydrogen) atoms. The molecule has 0 saturated carbocycles. The van der Waals surface area contributed by atoms with Crippen LogP contribution in [0, 0.1) is 0 Å². The first-order valence-corrected chi connectivity index (χ1v) is 8.14. The van der Waals surface area contributed by atoms with E-state index in [0.717, 1.165) is 12.1 Å². The molecule has 3 aromatic carbocycles. The van der Waals surface area contributed by atoms with Gasteiger partial charge in [-0.05, 0) is 41.3 Å². The van der Waals surface area contributed by atoms with Crippen molar-refractivity contribution in [2.45, 2.75) is 18.4 Å². The zero-order chi connectivity index (χ0) is 16.1. The summed E-state index contributed by atoms with van der Waals surface area (Å²) < 4.78 is 0. The highest BCUT2D eigenvalue weighted by Gasteiger charge is 2.17. The Balaban J connectivity index is 1.85. The van der Waals surface area contributed by atoms with Gasteiger partial charge in [-0.1, -0.05) is 72.8 Å². The highest BCUT2D eigenvalue weighted by molar-refractivity contribution is 5.83. The van der Waals surface area contributed by atoms with E-state index in [2.05, 4.69) is 47.8 Å². The minimum Gasteiger partial charge on any atom is -0.388 e. The van der Waals surface area contributed by atoms with Gasteiger partial charge in [-0.2, -0.15) is 0 Å². The van der Waals surface area contributed by atoms with Gasteiger partial charge in [0.2, 0.25) is 0 Å². The molecular weight excluding hydrogens is 282 g/mol. The van der Waals surface area contributed by atoms with Crippen LogP contribution in [0.4, 0.5) is 0 Å². The molecule has 0 aliphatic heterocycles. The molecule has 2 N–H and O–H groups in total. The lowest BCUT2D eigenvalue weighted by Crippen LogP contribution is -2.19. The number of hydrogen-bond donors (Lipinski definition) is 2. The van der Waals surface area contributed by atoms with Gasteiger partial charge in [-0.25, -0.2) is 0 Å². The average molecular weight is 305 g/mol.